The zero-order valence-electron chi connectivity index (χ0n) is 18.4. The Kier molecular flexibility index (Phi) is 6.59. The summed E-state index contributed by atoms with van der Waals surface area (Å²) in [5.74, 6) is 0.933. The van der Waals surface area contributed by atoms with Gasteiger partial charge in [-0.1, -0.05) is 67.6 Å². The molecule has 1 unspecified atom stereocenters. The first-order valence-corrected chi connectivity index (χ1v) is 11.1. The standard InChI is InChI=1S/C27H32N2O2/c1-22(27(30,23-9-5-3-6-10-23)24-11-7-4-8-12-24)21-28-17-19-29(20-18-28)25-13-15-26(31-2)16-14-25/h3-16,22,30H,17-21H2,1-2H3. The molecule has 3 aromatic carbocycles. The maximum Gasteiger partial charge on any atom is 0.119 e. The molecular weight excluding hydrogens is 384 g/mol. The van der Waals surface area contributed by atoms with Crippen LogP contribution in [0.25, 0.3) is 0 Å². The van der Waals surface area contributed by atoms with Crippen molar-refractivity contribution in [3.63, 3.8) is 0 Å². The van der Waals surface area contributed by atoms with Crippen molar-refractivity contribution < 1.29 is 9.84 Å². The van der Waals surface area contributed by atoms with Gasteiger partial charge in [-0.15, -0.1) is 0 Å². The second-order valence-corrected chi connectivity index (χ2v) is 8.39. The lowest BCUT2D eigenvalue weighted by Crippen LogP contribution is -2.50. The van der Waals surface area contributed by atoms with E-state index in [4.69, 9.17) is 4.74 Å². The average Bonchev–Trinajstić information content (AvgIpc) is 2.85. The summed E-state index contributed by atoms with van der Waals surface area (Å²) >= 11 is 0. The van der Waals surface area contributed by atoms with Crippen LogP contribution in [-0.2, 0) is 5.60 Å². The van der Waals surface area contributed by atoms with Crippen LogP contribution < -0.4 is 9.64 Å². The number of nitrogens with zero attached hydrogens (tertiary/aromatic N) is 2. The molecule has 1 heterocycles. The fourth-order valence-corrected chi connectivity index (χ4v) is 4.62. The number of hydrogen-bond acceptors (Lipinski definition) is 4. The number of anilines is 1. The first-order valence-electron chi connectivity index (χ1n) is 11.1. The normalized spacial score (nSPS) is 16.2. The van der Waals surface area contributed by atoms with E-state index >= 15 is 0 Å². The van der Waals surface area contributed by atoms with Crippen molar-refractivity contribution >= 4 is 5.69 Å². The third-order valence-electron chi connectivity index (χ3n) is 6.48. The summed E-state index contributed by atoms with van der Waals surface area (Å²) in [5, 5.41) is 12.0. The largest absolute Gasteiger partial charge is 0.497 e. The molecule has 0 aliphatic carbocycles. The Morgan fingerprint density at radius 1 is 0.806 bits per heavy atom. The average molecular weight is 417 g/mol. The SMILES string of the molecule is COc1ccc(N2CCN(CC(C)C(O)(c3ccccc3)c3ccccc3)CC2)cc1. The summed E-state index contributed by atoms with van der Waals surface area (Å²) in [4.78, 5) is 4.89. The van der Waals surface area contributed by atoms with Gasteiger partial charge in [-0.2, -0.15) is 0 Å². The summed E-state index contributed by atoms with van der Waals surface area (Å²) in [5.41, 5.74) is 2.12. The van der Waals surface area contributed by atoms with Crippen LogP contribution in [0.2, 0.25) is 0 Å². The topological polar surface area (TPSA) is 35.9 Å². The lowest BCUT2D eigenvalue weighted by Gasteiger charge is -2.41. The summed E-state index contributed by atoms with van der Waals surface area (Å²) < 4.78 is 5.27. The lowest BCUT2D eigenvalue weighted by atomic mass is 9.76. The van der Waals surface area contributed by atoms with Gasteiger partial charge in [0.05, 0.1) is 7.11 Å². The first kappa shape index (κ1) is 21.4. The third kappa shape index (κ3) is 4.60. The fraction of sp³-hybridized carbons (Fsp3) is 0.333. The van der Waals surface area contributed by atoms with Gasteiger partial charge in [-0.25, -0.2) is 0 Å². The minimum absolute atomic E-state index is 0.0461. The quantitative estimate of drug-likeness (QED) is 0.620. The minimum atomic E-state index is -1.02. The molecule has 4 nitrogen and oxygen atoms in total. The predicted molar refractivity (Wildman–Crippen MR) is 127 cm³/mol. The van der Waals surface area contributed by atoms with E-state index in [1.54, 1.807) is 7.11 Å². The van der Waals surface area contributed by atoms with Gasteiger partial charge in [0.2, 0.25) is 0 Å². The van der Waals surface area contributed by atoms with Gasteiger partial charge < -0.3 is 14.7 Å². The van der Waals surface area contributed by atoms with Crippen LogP contribution in [0.5, 0.6) is 5.75 Å². The molecule has 1 fully saturated rings. The molecule has 1 aliphatic rings. The molecule has 162 valence electrons. The number of aliphatic hydroxyl groups is 1. The summed E-state index contributed by atoms with van der Waals surface area (Å²) in [6.07, 6.45) is 0. The molecule has 1 aliphatic heterocycles. The molecule has 1 N–H and O–H groups in total. The molecular formula is C27H32N2O2. The van der Waals surface area contributed by atoms with Gasteiger partial charge in [0.25, 0.3) is 0 Å². The number of hydrogen-bond donors (Lipinski definition) is 1. The highest BCUT2D eigenvalue weighted by Crippen LogP contribution is 2.37. The maximum absolute atomic E-state index is 12.0. The van der Waals surface area contributed by atoms with E-state index in [0.717, 1.165) is 49.6 Å². The molecule has 0 amide bonds. The van der Waals surface area contributed by atoms with Gasteiger partial charge in [0.1, 0.15) is 11.4 Å². The molecule has 1 saturated heterocycles. The first-order chi connectivity index (χ1) is 15.1. The number of piperazine rings is 1. The van der Waals surface area contributed by atoms with E-state index in [9.17, 15) is 5.11 Å². The van der Waals surface area contributed by atoms with Crippen molar-refractivity contribution in [3.8, 4) is 5.75 Å². The molecule has 0 spiro atoms. The monoisotopic (exact) mass is 416 g/mol. The van der Waals surface area contributed by atoms with E-state index in [1.165, 1.54) is 5.69 Å². The van der Waals surface area contributed by atoms with E-state index in [2.05, 4.69) is 28.9 Å². The molecule has 4 heteroatoms. The van der Waals surface area contributed by atoms with E-state index < -0.39 is 5.60 Å². The fourth-order valence-electron chi connectivity index (χ4n) is 4.62. The highest BCUT2D eigenvalue weighted by Gasteiger charge is 2.38. The van der Waals surface area contributed by atoms with Gasteiger partial charge in [0, 0.05) is 44.3 Å². The summed E-state index contributed by atoms with van der Waals surface area (Å²) in [6, 6.07) is 28.4. The van der Waals surface area contributed by atoms with Gasteiger partial charge in [-0.05, 0) is 35.4 Å². The second kappa shape index (κ2) is 9.54. The molecule has 0 aromatic heterocycles. The highest BCUT2D eigenvalue weighted by molar-refractivity contribution is 5.49. The Balaban J connectivity index is 1.45. The van der Waals surface area contributed by atoms with Crippen molar-refractivity contribution in [1.82, 2.24) is 4.90 Å². The Hall–Kier alpha value is -2.82. The molecule has 31 heavy (non-hydrogen) atoms. The predicted octanol–water partition coefficient (Wildman–Crippen LogP) is 4.39. The highest BCUT2D eigenvalue weighted by atomic mass is 16.5. The molecule has 0 saturated carbocycles. The van der Waals surface area contributed by atoms with E-state index in [1.807, 2.05) is 72.8 Å². The Labute approximate surface area is 185 Å². The van der Waals surface area contributed by atoms with Gasteiger partial charge >= 0.3 is 0 Å². The summed E-state index contributed by atoms with van der Waals surface area (Å²) in [6.45, 7) is 6.93. The zero-order valence-corrected chi connectivity index (χ0v) is 18.4. The number of benzene rings is 3. The third-order valence-corrected chi connectivity index (χ3v) is 6.48. The van der Waals surface area contributed by atoms with Crippen molar-refractivity contribution in [2.45, 2.75) is 12.5 Å². The van der Waals surface area contributed by atoms with Crippen molar-refractivity contribution in [3.05, 3.63) is 96.1 Å². The molecule has 1 atom stereocenters. The van der Waals surface area contributed by atoms with Crippen molar-refractivity contribution in [2.75, 3.05) is 44.7 Å². The Bertz CT molecular complexity index is 896. The molecule has 3 aromatic rings. The number of ether oxygens (including phenoxy) is 1. The smallest absolute Gasteiger partial charge is 0.119 e. The van der Waals surface area contributed by atoms with Crippen LogP contribution in [0.1, 0.15) is 18.1 Å². The Morgan fingerprint density at radius 2 is 1.32 bits per heavy atom. The number of methoxy groups -OCH3 is 1. The zero-order chi connectivity index (χ0) is 21.7. The van der Waals surface area contributed by atoms with E-state index in [-0.39, 0.29) is 5.92 Å². The van der Waals surface area contributed by atoms with Crippen LogP contribution in [0.15, 0.2) is 84.9 Å². The Morgan fingerprint density at radius 3 is 1.81 bits per heavy atom. The van der Waals surface area contributed by atoms with Crippen LogP contribution in [0.3, 0.4) is 0 Å². The van der Waals surface area contributed by atoms with Gasteiger partial charge in [0.15, 0.2) is 0 Å². The van der Waals surface area contributed by atoms with Crippen LogP contribution in [0, 0.1) is 5.92 Å². The van der Waals surface area contributed by atoms with Crippen LogP contribution in [0.4, 0.5) is 5.69 Å². The van der Waals surface area contributed by atoms with Crippen LogP contribution >= 0.6 is 0 Å². The molecule has 0 radical (unpaired) electrons. The van der Waals surface area contributed by atoms with Crippen molar-refractivity contribution in [2.24, 2.45) is 5.92 Å². The van der Waals surface area contributed by atoms with Crippen molar-refractivity contribution in [1.29, 1.82) is 0 Å². The molecule has 4 rings (SSSR count). The molecule has 0 bridgehead atoms. The minimum Gasteiger partial charge on any atom is -0.497 e. The van der Waals surface area contributed by atoms with Gasteiger partial charge in [-0.3, -0.25) is 4.90 Å². The second-order valence-electron chi connectivity index (χ2n) is 8.39. The lowest BCUT2D eigenvalue weighted by molar-refractivity contribution is 0.00667. The maximum atomic E-state index is 12.0. The van der Waals surface area contributed by atoms with E-state index in [0.29, 0.717) is 0 Å². The van der Waals surface area contributed by atoms with Crippen LogP contribution in [-0.4, -0.2) is 49.8 Å². The number of rotatable bonds is 7. The summed E-state index contributed by atoms with van der Waals surface area (Å²) in [7, 11) is 1.70.